The van der Waals surface area contributed by atoms with Crippen LogP contribution in [-0.2, 0) is 9.59 Å². The number of phenols is 1. The minimum Gasteiger partial charge on any atom is -0.508 e. The van der Waals surface area contributed by atoms with E-state index in [0.717, 1.165) is 102 Å². The van der Waals surface area contributed by atoms with Crippen LogP contribution in [0.5, 0.6) is 5.75 Å². The Labute approximate surface area is 351 Å². The lowest BCUT2D eigenvalue weighted by Gasteiger charge is -2.38. The summed E-state index contributed by atoms with van der Waals surface area (Å²) in [5.41, 5.74) is 4.82. The van der Waals surface area contributed by atoms with Gasteiger partial charge in [-0.05, 0) is 110 Å². The topological polar surface area (TPSA) is 171 Å². The number of aromatic hydroxyl groups is 1. The second-order valence-electron chi connectivity index (χ2n) is 16.1. The van der Waals surface area contributed by atoms with E-state index in [-0.39, 0.29) is 24.4 Å². The average molecular weight is 826 g/mol. The molecule has 0 saturated carbocycles. The molecule has 1 atom stereocenters. The molecule has 0 spiro atoms. The Bertz CT molecular complexity index is 2510. The van der Waals surface area contributed by atoms with Gasteiger partial charge in [-0.2, -0.15) is 0 Å². The first-order valence-corrected chi connectivity index (χ1v) is 21.3. The van der Waals surface area contributed by atoms with E-state index in [2.05, 4.69) is 20.0 Å². The Hall–Kier alpha value is -5.87. The van der Waals surface area contributed by atoms with Crippen molar-refractivity contribution in [2.75, 3.05) is 55.6 Å². The van der Waals surface area contributed by atoms with E-state index in [1.807, 2.05) is 30.3 Å². The first-order valence-electron chi connectivity index (χ1n) is 20.5. The number of carbonyl (C=O) groups excluding carboxylic acids is 5. The number of fused-ring (bicyclic) bond motifs is 2. The zero-order valence-corrected chi connectivity index (χ0v) is 33.7. The molecule has 4 N–H and O–H groups in total. The van der Waals surface area contributed by atoms with Crippen molar-refractivity contribution in [1.29, 1.82) is 0 Å². The Morgan fingerprint density at radius 2 is 1.43 bits per heavy atom. The normalized spacial score (nSPS) is 19.0. The number of carbonyl (C=O) groups is 5. The number of thiophene rings is 1. The zero-order chi connectivity index (χ0) is 41.7. The summed E-state index contributed by atoms with van der Waals surface area (Å²) in [6.45, 7) is 6.38. The number of anilines is 2. The molecule has 1 aromatic heterocycles. The van der Waals surface area contributed by atoms with Crippen molar-refractivity contribution in [1.82, 2.24) is 15.1 Å². The minimum atomic E-state index is -1.59. The fourth-order valence-electron chi connectivity index (χ4n) is 9.02. The predicted molar refractivity (Wildman–Crippen MR) is 230 cm³/mol. The van der Waals surface area contributed by atoms with Gasteiger partial charge in [0.15, 0.2) is 5.78 Å². The van der Waals surface area contributed by atoms with Gasteiger partial charge in [-0.25, -0.2) is 0 Å². The lowest BCUT2D eigenvalue weighted by atomic mass is 9.80. The Balaban J connectivity index is 0.769. The highest BCUT2D eigenvalue weighted by Gasteiger charge is 2.45. The highest BCUT2D eigenvalue weighted by atomic mass is 32.1. The van der Waals surface area contributed by atoms with Gasteiger partial charge in [0.2, 0.25) is 11.8 Å². The summed E-state index contributed by atoms with van der Waals surface area (Å²) in [5, 5.41) is 32.3. The number of ketones is 1. The van der Waals surface area contributed by atoms with Crippen LogP contribution in [0.3, 0.4) is 0 Å². The standard InChI is InChI=1S/C45H44BN5O8S/c52-33-10-12-35-38(26-33)60-42(29-1-5-30(6-2-29)46(58)59)40(35)41(54)28-3-7-31(8-4-28)50-23-21-48(22-24-50)18-15-27-16-19-49(20-17-27)32-9-11-34-36(25-32)45(57)51(44(34)56)37-13-14-39(53)47-43(37)55/h1-12,25-27,37,52,58-59H,13-24H2,(H,47,53,55). The number of nitrogens with zero attached hydrogens (tertiary/aromatic N) is 4. The van der Waals surface area contributed by atoms with E-state index in [1.54, 1.807) is 54.6 Å². The second-order valence-corrected chi connectivity index (χ2v) is 17.1. The molecule has 5 aromatic rings. The maximum Gasteiger partial charge on any atom is 0.488 e. The third-order valence-corrected chi connectivity index (χ3v) is 13.7. The molecule has 1 unspecified atom stereocenters. The number of imide groups is 2. The number of rotatable bonds is 10. The maximum absolute atomic E-state index is 14.1. The van der Waals surface area contributed by atoms with Crippen LogP contribution in [0.2, 0.25) is 0 Å². The molecule has 3 saturated heterocycles. The molecule has 60 heavy (non-hydrogen) atoms. The van der Waals surface area contributed by atoms with Crippen LogP contribution in [0.1, 0.15) is 68.7 Å². The van der Waals surface area contributed by atoms with Gasteiger partial charge in [0.25, 0.3) is 11.8 Å². The molecule has 306 valence electrons. The average Bonchev–Trinajstić information content (AvgIpc) is 3.76. The molecular formula is C45H44BN5O8S. The molecular weight excluding hydrogens is 781 g/mol. The predicted octanol–water partition coefficient (Wildman–Crippen LogP) is 4.01. The van der Waals surface area contributed by atoms with E-state index in [9.17, 15) is 39.1 Å². The summed E-state index contributed by atoms with van der Waals surface area (Å²) in [6.07, 6.45) is 3.39. The third kappa shape index (κ3) is 7.58. The lowest BCUT2D eigenvalue weighted by molar-refractivity contribution is -0.136. The molecule has 15 heteroatoms. The summed E-state index contributed by atoms with van der Waals surface area (Å²) in [6, 6.07) is 24.0. The molecule has 4 aromatic carbocycles. The van der Waals surface area contributed by atoms with Gasteiger partial charge in [0.1, 0.15) is 11.8 Å². The van der Waals surface area contributed by atoms with Crippen LogP contribution in [0.25, 0.3) is 20.5 Å². The van der Waals surface area contributed by atoms with Crippen LogP contribution >= 0.6 is 11.3 Å². The molecule has 0 radical (unpaired) electrons. The molecule has 5 heterocycles. The van der Waals surface area contributed by atoms with E-state index >= 15 is 0 Å². The fourth-order valence-corrected chi connectivity index (χ4v) is 10.3. The maximum atomic E-state index is 14.1. The van der Waals surface area contributed by atoms with Crippen LogP contribution < -0.4 is 20.6 Å². The number of piperazine rings is 1. The van der Waals surface area contributed by atoms with Crippen molar-refractivity contribution < 1.29 is 39.1 Å². The smallest absolute Gasteiger partial charge is 0.488 e. The van der Waals surface area contributed by atoms with Crippen molar-refractivity contribution in [2.45, 2.75) is 38.1 Å². The SMILES string of the molecule is O=C1CCC(N2C(=O)c3ccc(N4CCC(CCN5CCN(c6ccc(C(=O)c7c(-c8ccc(B(O)O)cc8)sc8cc(O)ccc78)cc6)CC5)CC4)cc3C2=O)C(=O)N1. The van der Waals surface area contributed by atoms with Gasteiger partial charge < -0.3 is 25.0 Å². The van der Waals surface area contributed by atoms with E-state index < -0.39 is 36.8 Å². The quantitative estimate of drug-likeness (QED) is 0.0912. The Kier molecular flexibility index (Phi) is 10.8. The summed E-state index contributed by atoms with van der Waals surface area (Å²) in [7, 11) is -1.59. The van der Waals surface area contributed by atoms with Crippen LogP contribution in [-0.4, -0.2) is 113 Å². The zero-order valence-electron chi connectivity index (χ0n) is 32.9. The highest BCUT2D eigenvalue weighted by molar-refractivity contribution is 7.22. The molecule has 0 bridgehead atoms. The number of hydrogen-bond donors (Lipinski definition) is 4. The van der Waals surface area contributed by atoms with Gasteiger partial charge in [0, 0.05) is 83.2 Å². The largest absolute Gasteiger partial charge is 0.508 e. The van der Waals surface area contributed by atoms with E-state index in [0.29, 0.717) is 33.6 Å². The minimum absolute atomic E-state index is 0.0883. The van der Waals surface area contributed by atoms with Crippen molar-refractivity contribution in [3.8, 4) is 16.2 Å². The molecule has 9 rings (SSSR count). The molecule has 4 aliphatic heterocycles. The first kappa shape index (κ1) is 39.6. The first-order chi connectivity index (χ1) is 29.0. The number of benzene rings is 4. The number of hydrogen-bond acceptors (Lipinski definition) is 12. The molecule has 0 aliphatic carbocycles. The number of phenolic OH excluding ortho intramolecular Hbond substituents is 1. The Morgan fingerprint density at radius 1 is 0.750 bits per heavy atom. The summed E-state index contributed by atoms with van der Waals surface area (Å²) in [5.74, 6) is -1.39. The van der Waals surface area contributed by atoms with Gasteiger partial charge in [-0.1, -0.05) is 24.3 Å². The van der Waals surface area contributed by atoms with Crippen molar-refractivity contribution in [3.05, 3.63) is 107 Å². The van der Waals surface area contributed by atoms with Crippen molar-refractivity contribution in [3.63, 3.8) is 0 Å². The highest BCUT2D eigenvalue weighted by Crippen LogP contribution is 2.41. The van der Waals surface area contributed by atoms with Crippen LogP contribution in [0.4, 0.5) is 11.4 Å². The van der Waals surface area contributed by atoms with Gasteiger partial charge in [0.05, 0.1) is 11.1 Å². The van der Waals surface area contributed by atoms with E-state index in [1.165, 1.54) is 11.3 Å². The van der Waals surface area contributed by atoms with Crippen molar-refractivity contribution in [2.24, 2.45) is 5.92 Å². The van der Waals surface area contributed by atoms with Gasteiger partial charge in [-0.15, -0.1) is 11.3 Å². The lowest BCUT2D eigenvalue weighted by Crippen LogP contribution is -2.54. The van der Waals surface area contributed by atoms with Gasteiger partial charge >= 0.3 is 7.12 Å². The van der Waals surface area contributed by atoms with Crippen LogP contribution in [0.15, 0.2) is 84.9 Å². The second kappa shape index (κ2) is 16.3. The molecule has 3 fully saturated rings. The third-order valence-electron chi connectivity index (χ3n) is 12.5. The summed E-state index contributed by atoms with van der Waals surface area (Å²) in [4.78, 5) is 73.6. The van der Waals surface area contributed by atoms with Gasteiger partial charge in [-0.3, -0.25) is 39.1 Å². The molecule has 13 nitrogen and oxygen atoms in total. The molecule has 4 amide bonds. The fraction of sp³-hybridized carbons (Fsp3) is 0.311. The number of nitrogens with one attached hydrogen (secondary N) is 1. The summed E-state index contributed by atoms with van der Waals surface area (Å²) < 4.78 is 0.788. The van der Waals surface area contributed by atoms with Crippen LogP contribution in [0, 0.1) is 5.92 Å². The molecule has 4 aliphatic rings. The number of piperidine rings is 2. The van der Waals surface area contributed by atoms with Crippen molar-refractivity contribution >= 4 is 74.8 Å². The number of amides is 4. The Morgan fingerprint density at radius 3 is 2.13 bits per heavy atom. The summed E-state index contributed by atoms with van der Waals surface area (Å²) >= 11 is 1.42. The van der Waals surface area contributed by atoms with E-state index in [4.69, 9.17) is 0 Å². The monoisotopic (exact) mass is 825 g/mol.